The minimum atomic E-state index is 0.123. The van der Waals surface area contributed by atoms with Gasteiger partial charge >= 0.3 is 0 Å². The molecular weight excluding hydrogens is 232 g/mol. The van der Waals surface area contributed by atoms with Crippen LogP contribution in [0.25, 0.3) is 16.4 Å². The van der Waals surface area contributed by atoms with Gasteiger partial charge in [-0.2, -0.15) is 0 Å². The van der Waals surface area contributed by atoms with E-state index >= 15 is 0 Å². The molecule has 0 saturated carbocycles. The van der Waals surface area contributed by atoms with Gasteiger partial charge in [-0.1, -0.05) is 45.0 Å². The summed E-state index contributed by atoms with van der Waals surface area (Å²) in [6, 6.07) is 8.58. The highest BCUT2D eigenvalue weighted by Gasteiger charge is 2.20. The number of hydrogen-bond donors (Lipinski definition) is 0. The Labute approximate surface area is 114 Å². The van der Waals surface area contributed by atoms with Crippen LogP contribution in [0.1, 0.15) is 37.7 Å². The minimum absolute atomic E-state index is 0.123. The Morgan fingerprint density at radius 2 is 1.63 bits per heavy atom. The van der Waals surface area contributed by atoms with Crippen LogP contribution >= 0.6 is 0 Å². The molecule has 0 aliphatic rings. The average molecular weight is 252 g/mol. The van der Waals surface area contributed by atoms with Crippen molar-refractivity contribution in [1.29, 1.82) is 0 Å². The zero-order valence-corrected chi connectivity index (χ0v) is 12.3. The van der Waals surface area contributed by atoms with Gasteiger partial charge in [-0.3, -0.25) is 0 Å². The second kappa shape index (κ2) is 3.83. The van der Waals surface area contributed by atoms with Crippen LogP contribution in [0.2, 0.25) is 0 Å². The molecule has 0 atom stereocenters. The first-order valence-corrected chi connectivity index (χ1v) is 6.77. The van der Waals surface area contributed by atoms with Gasteiger partial charge < -0.3 is 4.40 Å². The number of imidazole rings is 1. The normalized spacial score (nSPS) is 12.5. The molecule has 98 valence electrons. The van der Waals surface area contributed by atoms with Gasteiger partial charge in [0.25, 0.3) is 0 Å². The van der Waals surface area contributed by atoms with Crippen LogP contribution in [-0.2, 0) is 5.41 Å². The lowest BCUT2D eigenvalue weighted by Gasteiger charge is -2.22. The van der Waals surface area contributed by atoms with Crippen molar-refractivity contribution in [2.75, 3.05) is 0 Å². The molecule has 0 bridgehead atoms. The maximum Gasteiger partial charge on any atom is 0.145 e. The van der Waals surface area contributed by atoms with Crippen molar-refractivity contribution >= 4 is 16.4 Å². The molecule has 0 aliphatic carbocycles. The summed E-state index contributed by atoms with van der Waals surface area (Å²) in [4.78, 5) is 4.73. The molecule has 0 spiro atoms. The Balaban J connectivity index is 2.58. The third-order valence-electron chi connectivity index (χ3n) is 3.91. The molecule has 3 rings (SSSR count). The Bertz CT molecular complexity index is 773. The standard InChI is InChI=1S/C17H20N2/c1-11-12(2)19-10-15(17(3,4)5)13-8-6-7-9-14(13)16(19)18-11/h6-10H,1-5H3. The largest absolute Gasteiger partial charge is 0.303 e. The fourth-order valence-corrected chi connectivity index (χ4v) is 2.68. The summed E-state index contributed by atoms with van der Waals surface area (Å²) in [5.74, 6) is 0. The molecule has 2 aromatic heterocycles. The lowest BCUT2D eigenvalue weighted by atomic mass is 9.85. The van der Waals surface area contributed by atoms with Gasteiger partial charge in [0, 0.05) is 17.3 Å². The summed E-state index contributed by atoms with van der Waals surface area (Å²) >= 11 is 0. The molecule has 0 radical (unpaired) electrons. The van der Waals surface area contributed by atoms with Gasteiger partial charge in [-0.15, -0.1) is 0 Å². The lowest BCUT2D eigenvalue weighted by molar-refractivity contribution is 0.592. The van der Waals surface area contributed by atoms with Crippen LogP contribution in [0.4, 0.5) is 0 Å². The number of pyridine rings is 1. The number of nitrogens with zero attached hydrogens (tertiary/aromatic N) is 2. The molecule has 0 aliphatic heterocycles. The van der Waals surface area contributed by atoms with Crippen LogP contribution in [0.3, 0.4) is 0 Å². The monoisotopic (exact) mass is 252 g/mol. The number of fused-ring (bicyclic) bond motifs is 3. The van der Waals surface area contributed by atoms with E-state index in [4.69, 9.17) is 4.98 Å². The van der Waals surface area contributed by atoms with E-state index in [9.17, 15) is 0 Å². The third kappa shape index (κ3) is 1.74. The molecule has 0 N–H and O–H groups in total. The van der Waals surface area contributed by atoms with Gasteiger partial charge in [0.05, 0.1) is 5.69 Å². The van der Waals surface area contributed by atoms with E-state index in [1.165, 1.54) is 22.0 Å². The van der Waals surface area contributed by atoms with Gasteiger partial charge in [0.2, 0.25) is 0 Å². The first-order valence-electron chi connectivity index (χ1n) is 6.77. The summed E-state index contributed by atoms with van der Waals surface area (Å²) in [5, 5.41) is 2.55. The Hall–Kier alpha value is -1.83. The molecule has 0 fully saturated rings. The van der Waals surface area contributed by atoms with Gasteiger partial charge in [-0.05, 0) is 30.2 Å². The maximum absolute atomic E-state index is 4.73. The van der Waals surface area contributed by atoms with Crippen molar-refractivity contribution in [3.05, 3.63) is 47.4 Å². The molecule has 2 heterocycles. The number of hydrogen-bond acceptors (Lipinski definition) is 1. The van der Waals surface area contributed by atoms with Crippen LogP contribution in [-0.4, -0.2) is 9.38 Å². The number of aryl methyl sites for hydroxylation is 2. The van der Waals surface area contributed by atoms with E-state index < -0.39 is 0 Å². The van der Waals surface area contributed by atoms with Crippen LogP contribution < -0.4 is 0 Å². The van der Waals surface area contributed by atoms with Crippen molar-refractivity contribution in [3.8, 4) is 0 Å². The van der Waals surface area contributed by atoms with E-state index in [1.807, 2.05) is 0 Å². The zero-order chi connectivity index (χ0) is 13.8. The van der Waals surface area contributed by atoms with Crippen molar-refractivity contribution in [1.82, 2.24) is 9.38 Å². The summed E-state index contributed by atoms with van der Waals surface area (Å²) in [6.07, 6.45) is 2.26. The number of benzene rings is 1. The molecule has 0 saturated heterocycles. The van der Waals surface area contributed by atoms with E-state index in [0.29, 0.717) is 0 Å². The average Bonchev–Trinajstić information content (AvgIpc) is 2.64. The Kier molecular flexibility index (Phi) is 2.46. The topological polar surface area (TPSA) is 17.3 Å². The zero-order valence-electron chi connectivity index (χ0n) is 12.3. The molecule has 2 nitrogen and oxygen atoms in total. The molecular formula is C17H20N2. The number of aromatic nitrogens is 2. The second-order valence-corrected chi connectivity index (χ2v) is 6.31. The summed E-state index contributed by atoms with van der Waals surface area (Å²) in [6.45, 7) is 11.0. The van der Waals surface area contributed by atoms with Gasteiger partial charge in [0.1, 0.15) is 5.65 Å². The summed E-state index contributed by atoms with van der Waals surface area (Å²) in [7, 11) is 0. The van der Waals surface area contributed by atoms with E-state index in [1.54, 1.807) is 0 Å². The van der Waals surface area contributed by atoms with Crippen molar-refractivity contribution in [2.45, 2.75) is 40.0 Å². The highest BCUT2D eigenvalue weighted by atomic mass is 15.0. The summed E-state index contributed by atoms with van der Waals surface area (Å²) < 4.78 is 2.23. The third-order valence-corrected chi connectivity index (χ3v) is 3.91. The smallest absolute Gasteiger partial charge is 0.145 e. The van der Waals surface area contributed by atoms with Crippen LogP contribution in [0.5, 0.6) is 0 Å². The lowest BCUT2D eigenvalue weighted by Crippen LogP contribution is -2.13. The quantitative estimate of drug-likeness (QED) is 0.579. The predicted octanol–water partition coefficient (Wildman–Crippen LogP) is 4.40. The van der Waals surface area contributed by atoms with Crippen molar-refractivity contribution in [3.63, 3.8) is 0 Å². The highest BCUT2D eigenvalue weighted by Crippen LogP contribution is 2.32. The first-order chi connectivity index (χ1) is 8.89. The molecule has 0 unspecified atom stereocenters. The maximum atomic E-state index is 4.73. The highest BCUT2D eigenvalue weighted by molar-refractivity contribution is 5.96. The molecule has 0 amide bonds. The predicted molar refractivity (Wildman–Crippen MR) is 80.9 cm³/mol. The Morgan fingerprint density at radius 1 is 1.00 bits per heavy atom. The van der Waals surface area contributed by atoms with Crippen LogP contribution in [0, 0.1) is 13.8 Å². The van der Waals surface area contributed by atoms with E-state index in [0.717, 1.165) is 11.3 Å². The van der Waals surface area contributed by atoms with Gasteiger partial charge in [-0.25, -0.2) is 4.98 Å². The SMILES string of the molecule is Cc1nc2c3ccccc3c(C(C)(C)C)cn2c1C. The Morgan fingerprint density at radius 3 is 2.26 bits per heavy atom. The molecule has 1 aromatic carbocycles. The fourth-order valence-electron chi connectivity index (χ4n) is 2.68. The van der Waals surface area contributed by atoms with E-state index in [2.05, 4.69) is 69.5 Å². The van der Waals surface area contributed by atoms with Crippen molar-refractivity contribution in [2.24, 2.45) is 0 Å². The first kappa shape index (κ1) is 12.2. The molecule has 19 heavy (non-hydrogen) atoms. The summed E-state index contributed by atoms with van der Waals surface area (Å²) in [5.41, 5.74) is 4.90. The molecule has 2 heteroatoms. The minimum Gasteiger partial charge on any atom is -0.303 e. The van der Waals surface area contributed by atoms with Crippen LogP contribution in [0.15, 0.2) is 30.5 Å². The molecule has 3 aromatic rings. The fraction of sp³-hybridized carbons (Fsp3) is 0.353. The number of rotatable bonds is 0. The van der Waals surface area contributed by atoms with Crippen molar-refractivity contribution < 1.29 is 0 Å². The van der Waals surface area contributed by atoms with E-state index in [-0.39, 0.29) is 5.41 Å². The van der Waals surface area contributed by atoms with Gasteiger partial charge in [0.15, 0.2) is 0 Å². The second-order valence-electron chi connectivity index (χ2n) is 6.31.